The zero-order valence-electron chi connectivity index (χ0n) is 18.5. The first-order valence-corrected chi connectivity index (χ1v) is 11.1. The van der Waals surface area contributed by atoms with E-state index in [1.165, 1.54) is 5.56 Å². The quantitative estimate of drug-likeness (QED) is 0.435. The van der Waals surface area contributed by atoms with Crippen molar-refractivity contribution in [3.05, 3.63) is 47.3 Å². The predicted molar refractivity (Wildman–Crippen MR) is 121 cm³/mol. The standard InChI is InChI=1S/C23H32N6O2/c1-18-16-20(26-31-18)17-27-12-14-28(15-13-27)23(24-2)25-10-5-8-22(30)29-11-9-19-6-3-4-7-21(19)29/h3-4,6-7,16H,5,8-15,17H2,1-2H3,(H,24,25). The fourth-order valence-electron chi connectivity index (χ4n) is 4.34. The molecule has 1 aromatic carbocycles. The second-order valence-corrected chi connectivity index (χ2v) is 8.19. The number of hydrogen-bond acceptors (Lipinski definition) is 5. The number of rotatable bonds is 6. The molecule has 8 heteroatoms. The van der Waals surface area contributed by atoms with Crippen LogP contribution in [0.1, 0.15) is 29.9 Å². The first-order valence-electron chi connectivity index (χ1n) is 11.1. The SMILES string of the molecule is CN=C(NCCCC(=O)N1CCc2ccccc21)N1CCN(Cc2cc(C)on2)CC1. The maximum Gasteiger partial charge on any atom is 0.227 e. The van der Waals surface area contributed by atoms with E-state index in [0.717, 1.165) is 81.8 Å². The Balaban J connectivity index is 1.17. The number of piperazine rings is 1. The van der Waals surface area contributed by atoms with Gasteiger partial charge in [-0.1, -0.05) is 23.4 Å². The number of anilines is 1. The van der Waals surface area contributed by atoms with Crippen molar-refractivity contribution in [3.8, 4) is 0 Å². The van der Waals surface area contributed by atoms with Crippen LogP contribution in [0.2, 0.25) is 0 Å². The molecule has 0 bridgehead atoms. The third-order valence-corrected chi connectivity index (χ3v) is 5.98. The number of para-hydroxylation sites is 1. The van der Waals surface area contributed by atoms with Crippen molar-refractivity contribution in [2.45, 2.75) is 32.7 Å². The number of aromatic nitrogens is 1. The highest BCUT2D eigenvalue weighted by atomic mass is 16.5. The lowest BCUT2D eigenvalue weighted by Gasteiger charge is -2.36. The number of nitrogens with zero attached hydrogens (tertiary/aromatic N) is 5. The van der Waals surface area contributed by atoms with Gasteiger partial charge in [0.25, 0.3) is 0 Å². The number of hydrogen-bond donors (Lipinski definition) is 1. The van der Waals surface area contributed by atoms with Gasteiger partial charge in [-0.05, 0) is 31.4 Å². The summed E-state index contributed by atoms with van der Waals surface area (Å²) in [5, 5.41) is 7.52. The van der Waals surface area contributed by atoms with Crippen LogP contribution in [0, 0.1) is 6.92 Å². The molecule has 0 radical (unpaired) electrons. The minimum Gasteiger partial charge on any atom is -0.361 e. The smallest absolute Gasteiger partial charge is 0.227 e. The van der Waals surface area contributed by atoms with Crippen LogP contribution >= 0.6 is 0 Å². The van der Waals surface area contributed by atoms with E-state index in [4.69, 9.17) is 4.52 Å². The molecule has 8 nitrogen and oxygen atoms in total. The van der Waals surface area contributed by atoms with E-state index in [-0.39, 0.29) is 5.91 Å². The van der Waals surface area contributed by atoms with Gasteiger partial charge in [-0.3, -0.25) is 14.7 Å². The molecular formula is C23H32N6O2. The van der Waals surface area contributed by atoms with Crippen molar-refractivity contribution >= 4 is 17.6 Å². The van der Waals surface area contributed by atoms with Crippen LogP contribution in [0.25, 0.3) is 0 Å². The maximum atomic E-state index is 12.7. The number of amides is 1. The lowest BCUT2D eigenvalue weighted by atomic mass is 10.2. The number of fused-ring (bicyclic) bond motifs is 1. The number of carbonyl (C=O) groups excluding carboxylic acids is 1. The predicted octanol–water partition coefficient (Wildman–Crippen LogP) is 2.05. The molecule has 0 aliphatic carbocycles. The molecule has 166 valence electrons. The second kappa shape index (κ2) is 9.96. The molecule has 1 aromatic heterocycles. The summed E-state index contributed by atoms with van der Waals surface area (Å²) < 4.78 is 5.16. The van der Waals surface area contributed by atoms with Crippen molar-refractivity contribution in [2.24, 2.45) is 4.99 Å². The highest BCUT2D eigenvalue weighted by Gasteiger charge is 2.24. The molecule has 0 atom stereocenters. The molecule has 2 aliphatic heterocycles. The first kappa shape index (κ1) is 21.4. The fraction of sp³-hybridized carbons (Fsp3) is 0.522. The van der Waals surface area contributed by atoms with Gasteiger partial charge in [0.15, 0.2) is 5.96 Å². The molecule has 2 aromatic rings. The summed E-state index contributed by atoms with van der Waals surface area (Å²) in [5.41, 5.74) is 3.33. The molecular weight excluding hydrogens is 392 g/mol. The van der Waals surface area contributed by atoms with Crippen molar-refractivity contribution in [2.75, 3.05) is 51.2 Å². The molecule has 1 fully saturated rings. The van der Waals surface area contributed by atoms with Crippen molar-refractivity contribution < 1.29 is 9.32 Å². The normalized spacial score (nSPS) is 17.2. The van der Waals surface area contributed by atoms with Crippen molar-refractivity contribution in [3.63, 3.8) is 0 Å². The van der Waals surface area contributed by atoms with Crippen LogP contribution in [0.5, 0.6) is 0 Å². The number of guanidine groups is 1. The summed E-state index contributed by atoms with van der Waals surface area (Å²) in [6.45, 7) is 8.03. The Labute approximate surface area is 183 Å². The summed E-state index contributed by atoms with van der Waals surface area (Å²) >= 11 is 0. The monoisotopic (exact) mass is 424 g/mol. The largest absolute Gasteiger partial charge is 0.361 e. The van der Waals surface area contributed by atoms with E-state index in [9.17, 15) is 4.79 Å². The number of nitrogens with one attached hydrogen (secondary N) is 1. The zero-order chi connectivity index (χ0) is 21.6. The molecule has 2 aliphatic rings. The Morgan fingerprint density at radius 1 is 1.19 bits per heavy atom. The molecule has 0 spiro atoms. The lowest BCUT2D eigenvalue weighted by Crippen LogP contribution is -2.52. The summed E-state index contributed by atoms with van der Waals surface area (Å²) in [4.78, 5) is 23.7. The Morgan fingerprint density at radius 3 is 2.74 bits per heavy atom. The van der Waals surface area contributed by atoms with Crippen LogP contribution in [0.3, 0.4) is 0 Å². The highest BCUT2D eigenvalue weighted by Crippen LogP contribution is 2.28. The average molecular weight is 425 g/mol. The molecule has 1 amide bonds. The van der Waals surface area contributed by atoms with Gasteiger partial charge in [0.1, 0.15) is 5.76 Å². The Bertz CT molecular complexity index is 916. The van der Waals surface area contributed by atoms with E-state index >= 15 is 0 Å². The molecule has 0 saturated carbocycles. The van der Waals surface area contributed by atoms with Gasteiger partial charge >= 0.3 is 0 Å². The minimum atomic E-state index is 0.207. The zero-order valence-corrected chi connectivity index (χ0v) is 18.5. The Kier molecular flexibility index (Phi) is 6.86. The first-order chi connectivity index (χ1) is 15.1. The van der Waals surface area contributed by atoms with Crippen LogP contribution in [-0.2, 0) is 17.8 Å². The van der Waals surface area contributed by atoms with E-state index in [0.29, 0.717) is 6.42 Å². The number of aryl methyl sites for hydroxylation is 1. The summed E-state index contributed by atoms with van der Waals surface area (Å²) in [7, 11) is 1.82. The molecule has 3 heterocycles. The maximum absolute atomic E-state index is 12.7. The average Bonchev–Trinajstić information content (AvgIpc) is 3.40. The third kappa shape index (κ3) is 5.25. The van der Waals surface area contributed by atoms with Gasteiger partial charge < -0.3 is 19.6 Å². The van der Waals surface area contributed by atoms with Crippen LogP contribution < -0.4 is 10.2 Å². The van der Waals surface area contributed by atoms with Gasteiger partial charge in [-0.2, -0.15) is 0 Å². The molecule has 4 rings (SSSR count). The third-order valence-electron chi connectivity index (χ3n) is 5.98. The van der Waals surface area contributed by atoms with E-state index < -0.39 is 0 Å². The van der Waals surface area contributed by atoms with Crippen molar-refractivity contribution in [1.82, 2.24) is 20.3 Å². The van der Waals surface area contributed by atoms with Gasteiger partial charge in [0.05, 0.1) is 5.69 Å². The van der Waals surface area contributed by atoms with Crippen LogP contribution in [0.4, 0.5) is 5.69 Å². The number of aliphatic imine (C=N–C) groups is 1. The molecule has 1 N–H and O–H groups in total. The fourth-order valence-corrected chi connectivity index (χ4v) is 4.34. The summed E-state index contributed by atoms with van der Waals surface area (Å²) in [6.07, 6.45) is 2.29. The number of carbonyl (C=O) groups is 1. The topological polar surface area (TPSA) is 77.2 Å². The minimum absolute atomic E-state index is 0.207. The van der Waals surface area contributed by atoms with Gasteiger partial charge in [-0.25, -0.2) is 0 Å². The van der Waals surface area contributed by atoms with Crippen molar-refractivity contribution in [1.29, 1.82) is 0 Å². The van der Waals surface area contributed by atoms with E-state index in [2.05, 4.69) is 31.3 Å². The van der Waals surface area contributed by atoms with Gasteiger partial charge in [-0.15, -0.1) is 0 Å². The van der Waals surface area contributed by atoms with Crippen LogP contribution in [-0.4, -0.2) is 73.1 Å². The van der Waals surface area contributed by atoms with E-state index in [1.807, 2.05) is 43.1 Å². The second-order valence-electron chi connectivity index (χ2n) is 8.19. The Morgan fingerprint density at radius 2 is 2.00 bits per heavy atom. The lowest BCUT2D eigenvalue weighted by molar-refractivity contribution is -0.118. The molecule has 1 saturated heterocycles. The van der Waals surface area contributed by atoms with Gasteiger partial charge in [0.2, 0.25) is 5.91 Å². The highest BCUT2D eigenvalue weighted by molar-refractivity contribution is 5.95. The summed E-state index contributed by atoms with van der Waals surface area (Å²) in [6, 6.07) is 10.2. The Hall–Kier alpha value is -2.87. The van der Waals surface area contributed by atoms with Gasteiger partial charge in [0, 0.05) is 71.0 Å². The summed E-state index contributed by atoms with van der Waals surface area (Å²) in [5.74, 6) is 1.97. The molecule has 31 heavy (non-hydrogen) atoms. The van der Waals surface area contributed by atoms with E-state index in [1.54, 1.807) is 0 Å². The molecule has 0 unspecified atom stereocenters. The number of benzene rings is 1. The van der Waals surface area contributed by atoms with Crippen LogP contribution in [0.15, 0.2) is 39.8 Å².